The van der Waals surface area contributed by atoms with Crippen LogP contribution in [0, 0.1) is 0 Å². The molecule has 120 valence electrons. The average Bonchev–Trinajstić information content (AvgIpc) is 2.84. The van der Waals surface area contributed by atoms with Crippen molar-refractivity contribution in [1.82, 2.24) is 0 Å². The summed E-state index contributed by atoms with van der Waals surface area (Å²) in [6, 6.07) is 14.7. The second kappa shape index (κ2) is 6.13. The van der Waals surface area contributed by atoms with Crippen LogP contribution in [0.1, 0.15) is 19.4 Å². The summed E-state index contributed by atoms with van der Waals surface area (Å²) in [5.74, 6) is 1.05. The highest BCUT2D eigenvalue weighted by Crippen LogP contribution is 2.42. The van der Waals surface area contributed by atoms with E-state index in [1.54, 1.807) is 18.2 Å². The van der Waals surface area contributed by atoms with E-state index in [4.69, 9.17) is 21.1 Å². The number of hydrogen-bond donors (Lipinski definition) is 0. The summed E-state index contributed by atoms with van der Waals surface area (Å²) < 4.78 is 11.5. The first-order chi connectivity index (χ1) is 11.0. The van der Waals surface area contributed by atoms with Crippen molar-refractivity contribution in [1.29, 1.82) is 0 Å². The number of nitrogens with zero attached hydrogens (tertiary/aromatic N) is 1. The predicted octanol–water partition coefficient (Wildman–Crippen LogP) is 4.60. The Hall–Kier alpha value is -2.20. The maximum atomic E-state index is 12.5. The third kappa shape index (κ3) is 3.27. The Morgan fingerprint density at radius 1 is 1.22 bits per heavy atom. The molecular formula is C18H18ClNO3. The van der Waals surface area contributed by atoms with Crippen LogP contribution in [-0.2, 0) is 6.42 Å². The van der Waals surface area contributed by atoms with E-state index >= 15 is 0 Å². The maximum Gasteiger partial charge on any atom is 0.420 e. The summed E-state index contributed by atoms with van der Waals surface area (Å²) in [4.78, 5) is 13.8. The predicted molar refractivity (Wildman–Crippen MR) is 90.5 cm³/mol. The van der Waals surface area contributed by atoms with Crippen molar-refractivity contribution in [2.24, 2.45) is 0 Å². The second-order valence-electron chi connectivity index (χ2n) is 6.03. The molecular weight excluding hydrogens is 314 g/mol. The molecule has 0 unspecified atom stereocenters. The van der Waals surface area contributed by atoms with E-state index < -0.39 is 6.09 Å². The minimum Gasteiger partial charge on any atom is -0.483 e. The van der Waals surface area contributed by atoms with Gasteiger partial charge in [-0.2, -0.15) is 0 Å². The van der Waals surface area contributed by atoms with Crippen molar-refractivity contribution in [2.45, 2.75) is 25.9 Å². The molecule has 0 fully saturated rings. The number of amides is 1. The molecule has 0 bridgehead atoms. The van der Waals surface area contributed by atoms with Crippen LogP contribution in [0.5, 0.6) is 11.5 Å². The largest absolute Gasteiger partial charge is 0.483 e. The van der Waals surface area contributed by atoms with Gasteiger partial charge in [-0.3, -0.25) is 4.90 Å². The molecule has 0 atom stereocenters. The molecule has 0 radical (unpaired) electrons. The van der Waals surface area contributed by atoms with Gasteiger partial charge in [0, 0.05) is 17.7 Å². The highest BCUT2D eigenvalue weighted by Gasteiger charge is 2.33. The van der Waals surface area contributed by atoms with Gasteiger partial charge in [-0.05, 0) is 32.0 Å². The summed E-state index contributed by atoms with van der Waals surface area (Å²) in [6.07, 6.45) is 0.249. The minimum absolute atomic E-state index is 0.00419. The van der Waals surface area contributed by atoms with Crippen LogP contribution < -0.4 is 14.4 Å². The van der Waals surface area contributed by atoms with Gasteiger partial charge >= 0.3 is 6.09 Å². The average molecular weight is 332 g/mol. The molecule has 1 heterocycles. The smallest absolute Gasteiger partial charge is 0.420 e. The van der Waals surface area contributed by atoms with Gasteiger partial charge in [-0.15, -0.1) is 11.6 Å². The van der Waals surface area contributed by atoms with Crippen LogP contribution in [0.4, 0.5) is 10.5 Å². The number of carbonyl (C=O) groups is 1. The van der Waals surface area contributed by atoms with Crippen LogP contribution in [-0.4, -0.2) is 17.7 Å². The zero-order valence-electron chi connectivity index (χ0n) is 13.1. The van der Waals surface area contributed by atoms with Crippen molar-refractivity contribution < 1.29 is 14.3 Å². The number of carbonyl (C=O) groups excluding carboxylic acids is 1. The van der Waals surface area contributed by atoms with Crippen LogP contribution in [0.15, 0.2) is 48.5 Å². The highest BCUT2D eigenvalue weighted by atomic mass is 35.5. The molecule has 0 saturated heterocycles. The Morgan fingerprint density at radius 3 is 2.65 bits per heavy atom. The van der Waals surface area contributed by atoms with Crippen molar-refractivity contribution >= 4 is 23.4 Å². The second-order valence-corrected chi connectivity index (χ2v) is 6.27. The molecule has 0 spiro atoms. The lowest BCUT2D eigenvalue weighted by Crippen LogP contribution is -2.32. The number of alkyl halides is 1. The maximum absolute atomic E-state index is 12.5. The molecule has 3 rings (SSSR count). The molecule has 5 heteroatoms. The molecule has 0 aromatic heterocycles. The van der Waals surface area contributed by atoms with E-state index in [1.165, 1.54) is 4.90 Å². The number of fused-ring (bicyclic) bond motifs is 1. The van der Waals surface area contributed by atoms with Crippen LogP contribution >= 0.6 is 11.6 Å². The van der Waals surface area contributed by atoms with Gasteiger partial charge in [0.1, 0.15) is 11.6 Å². The summed E-state index contributed by atoms with van der Waals surface area (Å²) in [6.45, 7) is 4.02. The standard InChI is InChI=1S/C18H18ClNO3/c1-18(2)11-13-7-6-10-15(16(13)23-18)22-17(21)20(12-19)14-8-4-3-5-9-14/h3-10H,11-12H2,1-2H3. The molecule has 1 aliphatic rings. The Kier molecular flexibility index (Phi) is 4.18. The van der Waals surface area contributed by atoms with E-state index in [9.17, 15) is 4.79 Å². The first-order valence-corrected chi connectivity index (χ1v) is 7.95. The van der Waals surface area contributed by atoms with Crippen molar-refractivity contribution in [2.75, 3.05) is 10.9 Å². The Morgan fingerprint density at radius 2 is 1.96 bits per heavy atom. The molecule has 1 aliphatic heterocycles. The number of rotatable bonds is 3. The Labute approximate surface area is 140 Å². The van der Waals surface area contributed by atoms with Gasteiger partial charge in [-0.25, -0.2) is 4.79 Å². The van der Waals surface area contributed by atoms with Gasteiger partial charge in [0.2, 0.25) is 0 Å². The van der Waals surface area contributed by atoms with E-state index in [1.807, 2.05) is 44.2 Å². The molecule has 0 aliphatic carbocycles. The topological polar surface area (TPSA) is 38.8 Å². The number of halogens is 1. The molecule has 4 nitrogen and oxygen atoms in total. The summed E-state index contributed by atoms with van der Waals surface area (Å²) in [5, 5.41) is 0. The van der Waals surface area contributed by atoms with Crippen molar-refractivity contribution in [3.8, 4) is 11.5 Å². The number of benzene rings is 2. The lowest BCUT2D eigenvalue weighted by Gasteiger charge is -2.21. The fourth-order valence-electron chi connectivity index (χ4n) is 2.65. The first kappa shape index (κ1) is 15.7. The Balaban J connectivity index is 1.83. The minimum atomic E-state index is -0.534. The van der Waals surface area contributed by atoms with Gasteiger partial charge in [0.15, 0.2) is 11.5 Å². The molecule has 1 amide bonds. The number of anilines is 1. The third-order valence-corrected chi connectivity index (χ3v) is 3.90. The molecule has 23 heavy (non-hydrogen) atoms. The lowest BCUT2D eigenvalue weighted by atomic mass is 10.0. The van der Waals surface area contributed by atoms with Gasteiger partial charge in [-0.1, -0.05) is 30.3 Å². The van der Waals surface area contributed by atoms with Gasteiger partial charge in [0.25, 0.3) is 0 Å². The van der Waals surface area contributed by atoms with Crippen LogP contribution in [0.25, 0.3) is 0 Å². The third-order valence-electron chi connectivity index (χ3n) is 3.66. The zero-order valence-corrected chi connectivity index (χ0v) is 13.8. The quantitative estimate of drug-likeness (QED) is 0.609. The van der Waals surface area contributed by atoms with Crippen molar-refractivity contribution in [3.63, 3.8) is 0 Å². The van der Waals surface area contributed by atoms with E-state index in [0.717, 1.165) is 12.0 Å². The fraction of sp³-hybridized carbons (Fsp3) is 0.278. The normalized spacial score (nSPS) is 14.7. The molecule has 2 aromatic carbocycles. The first-order valence-electron chi connectivity index (χ1n) is 7.41. The lowest BCUT2D eigenvalue weighted by molar-refractivity contribution is 0.133. The number of para-hydroxylation sites is 2. The zero-order chi connectivity index (χ0) is 16.4. The SMILES string of the molecule is CC1(C)Cc2cccc(OC(=O)N(CCl)c3ccccc3)c2O1. The molecule has 0 saturated carbocycles. The molecule has 2 aromatic rings. The number of ether oxygens (including phenoxy) is 2. The van der Waals surface area contributed by atoms with Crippen LogP contribution in [0.3, 0.4) is 0 Å². The van der Waals surface area contributed by atoms with Gasteiger partial charge in [0.05, 0.1) is 0 Å². The summed E-state index contributed by atoms with van der Waals surface area (Å²) in [5.41, 5.74) is 1.43. The summed E-state index contributed by atoms with van der Waals surface area (Å²) >= 11 is 5.92. The van der Waals surface area contributed by atoms with E-state index in [2.05, 4.69) is 0 Å². The van der Waals surface area contributed by atoms with Gasteiger partial charge < -0.3 is 9.47 Å². The summed E-state index contributed by atoms with van der Waals surface area (Å²) in [7, 11) is 0. The molecule has 0 N–H and O–H groups in total. The van der Waals surface area contributed by atoms with E-state index in [-0.39, 0.29) is 11.6 Å². The van der Waals surface area contributed by atoms with E-state index in [0.29, 0.717) is 17.2 Å². The van der Waals surface area contributed by atoms with Crippen molar-refractivity contribution in [3.05, 3.63) is 54.1 Å². The Bertz CT molecular complexity index is 715. The highest BCUT2D eigenvalue weighted by molar-refractivity contribution is 6.21. The van der Waals surface area contributed by atoms with Crippen LogP contribution in [0.2, 0.25) is 0 Å². The monoisotopic (exact) mass is 331 g/mol. The fourth-order valence-corrected chi connectivity index (χ4v) is 2.88. The number of hydrogen-bond acceptors (Lipinski definition) is 3.